The molecule has 0 aliphatic carbocycles. The van der Waals surface area contributed by atoms with E-state index in [0.717, 1.165) is 11.1 Å². The maximum Gasteiger partial charge on any atom is 0.354 e. The zero-order chi connectivity index (χ0) is 15.7. The van der Waals surface area contributed by atoms with Crippen molar-refractivity contribution in [2.24, 2.45) is 0 Å². The van der Waals surface area contributed by atoms with Crippen LogP contribution in [0.5, 0.6) is 0 Å². The van der Waals surface area contributed by atoms with Crippen molar-refractivity contribution >= 4 is 11.9 Å². The Kier molecular flexibility index (Phi) is 3.58. The average Bonchev–Trinajstić information content (AvgIpc) is 2.93. The highest BCUT2D eigenvalue weighted by Crippen LogP contribution is 2.25. The van der Waals surface area contributed by atoms with Crippen LogP contribution in [0.1, 0.15) is 34.1 Å². The van der Waals surface area contributed by atoms with Gasteiger partial charge >= 0.3 is 5.97 Å². The van der Waals surface area contributed by atoms with Crippen LogP contribution in [0.3, 0.4) is 0 Å². The molecule has 1 aliphatic rings. The monoisotopic (exact) mass is 297 g/mol. The van der Waals surface area contributed by atoms with Crippen LogP contribution in [0.15, 0.2) is 30.3 Å². The van der Waals surface area contributed by atoms with Crippen LogP contribution in [-0.4, -0.2) is 33.5 Å². The summed E-state index contributed by atoms with van der Waals surface area (Å²) in [7, 11) is 0. The lowest BCUT2D eigenvalue weighted by Gasteiger charge is -2.09. The molecule has 1 atom stereocenters. The quantitative estimate of drug-likeness (QED) is 0.900. The lowest BCUT2D eigenvalue weighted by atomic mass is 9.97. The van der Waals surface area contributed by atoms with E-state index >= 15 is 0 Å². The van der Waals surface area contributed by atoms with E-state index < -0.39 is 5.97 Å². The number of amides is 1. The number of carboxylic acid groups (broad SMARTS) is 1. The second kappa shape index (κ2) is 5.55. The number of aromatic carboxylic acids is 1. The second-order valence-corrected chi connectivity index (χ2v) is 5.35. The predicted molar refractivity (Wildman–Crippen MR) is 79.5 cm³/mol. The fourth-order valence-electron chi connectivity index (χ4n) is 2.55. The van der Waals surface area contributed by atoms with Crippen LogP contribution in [0, 0.1) is 6.92 Å². The molecule has 0 saturated carbocycles. The van der Waals surface area contributed by atoms with Crippen LogP contribution in [0.25, 0.3) is 11.4 Å². The summed E-state index contributed by atoms with van der Waals surface area (Å²) in [4.78, 5) is 30.7. The molecule has 1 aromatic heterocycles. The zero-order valence-corrected chi connectivity index (χ0v) is 12.0. The molecule has 2 N–H and O–H groups in total. The third-order valence-corrected chi connectivity index (χ3v) is 3.69. The minimum Gasteiger partial charge on any atom is -0.477 e. The van der Waals surface area contributed by atoms with Crippen LogP contribution < -0.4 is 5.32 Å². The molecule has 1 unspecified atom stereocenters. The summed E-state index contributed by atoms with van der Waals surface area (Å²) < 4.78 is 0. The largest absolute Gasteiger partial charge is 0.477 e. The number of benzene rings is 1. The minimum atomic E-state index is -1.07. The molecule has 6 nitrogen and oxygen atoms in total. The second-order valence-electron chi connectivity index (χ2n) is 5.35. The third-order valence-electron chi connectivity index (χ3n) is 3.69. The van der Waals surface area contributed by atoms with Crippen molar-refractivity contribution in [2.75, 3.05) is 6.54 Å². The molecule has 3 rings (SSSR count). The highest BCUT2D eigenvalue weighted by atomic mass is 16.4. The molecule has 1 saturated heterocycles. The van der Waals surface area contributed by atoms with E-state index in [1.54, 1.807) is 6.92 Å². The zero-order valence-electron chi connectivity index (χ0n) is 12.0. The van der Waals surface area contributed by atoms with E-state index in [9.17, 15) is 9.59 Å². The fourth-order valence-corrected chi connectivity index (χ4v) is 2.55. The van der Waals surface area contributed by atoms with Crippen molar-refractivity contribution in [3.05, 3.63) is 47.3 Å². The van der Waals surface area contributed by atoms with Gasteiger partial charge in [-0.3, -0.25) is 4.79 Å². The summed E-state index contributed by atoms with van der Waals surface area (Å²) in [6, 6.07) is 9.03. The summed E-state index contributed by atoms with van der Waals surface area (Å²) in [5.41, 5.74) is 2.43. The lowest BCUT2D eigenvalue weighted by molar-refractivity contribution is -0.119. The Morgan fingerprint density at radius 1 is 1.27 bits per heavy atom. The Balaban J connectivity index is 1.89. The van der Waals surface area contributed by atoms with Crippen molar-refractivity contribution in [3.63, 3.8) is 0 Å². The molecule has 0 bridgehead atoms. The summed E-state index contributed by atoms with van der Waals surface area (Å²) >= 11 is 0. The van der Waals surface area contributed by atoms with Crippen molar-refractivity contribution in [2.45, 2.75) is 19.3 Å². The van der Waals surface area contributed by atoms with Gasteiger partial charge in [-0.05, 0) is 18.6 Å². The molecular weight excluding hydrogens is 282 g/mol. The Morgan fingerprint density at radius 3 is 2.59 bits per heavy atom. The minimum absolute atomic E-state index is 0.0165. The molecule has 1 aliphatic heterocycles. The summed E-state index contributed by atoms with van der Waals surface area (Å²) in [6.45, 7) is 2.39. The standard InChI is InChI=1S/C16H15N3O3/c1-9-6-13(16(21)22)19-15(18-9)11-4-2-10(3-5-11)12-7-14(20)17-8-12/h2-6,12H,7-8H2,1H3,(H,17,20)(H,21,22). The van der Waals surface area contributed by atoms with E-state index in [0.29, 0.717) is 24.5 Å². The van der Waals surface area contributed by atoms with Crippen LogP contribution >= 0.6 is 0 Å². The molecule has 22 heavy (non-hydrogen) atoms. The summed E-state index contributed by atoms with van der Waals surface area (Å²) in [5.74, 6) is -0.416. The van der Waals surface area contributed by atoms with Crippen LogP contribution in [-0.2, 0) is 4.79 Å². The first-order chi connectivity index (χ1) is 10.5. The number of aromatic nitrogens is 2. The highest BCUT2D eigenvalue weighted by Gasteiger charge is 2.22. The SMILES string of the molecule is Cc1cc(C(=O)O)nc(-c2ccc(C3CNC(=O)C3)cc2)n1. The van der Waals surface area contributed by atoms with Crippen molar-refractivity contribution < 1.29 is 14.7 Å². The Hall–Kier alpha value is -2.76. The van der Waals surface area contributed by atoms with E-state index in [-0.39, 0.29) is 17.5 Å². The Bertz CT molecular complexity index is 741. The van der Waals surface area contributed by atoms with Gasteiger partial charge in [0.1, 0.15) is 0 Å². The normalized spacial score (nSPS) is 17.3. The molecule has 1 amide bonds. The van der Waals surface area contributed by atoms with Gasteiger partial charge in [-0.1, -0.05) is 24.3 Å². The van der Waals surface area contributed by atoms with Gasteiger partial charge in [0.05, 0.1) is 0 Å². The van der Waals surface area contributed by atoms with Gasteiger partial charge in [-0.25, -0.2) is 14.8 Å². The number of carboxylic acids is 1. The van der Waals surface area contributed by atoms with Crippen molar-refractivity contribution in [3.8, 4) is 11.4 Å². The molecule has 2 aromatic rings. The number of aryl methyl sites for hydroxylation is 1. The molecule has 0 radical (unpaired) electrons. The van der Waals surface area contributed by atoms with Gasteiger partial charge in [-0.15, -0.1) is 0 Å². The average molecular weight is 297 g/mol. The lowest BCUT2D eigenvalue weighted by Crippen LogP contribution is -2.13. The fraction of sp³-hybridized carbons (Fsp3) is 0.250. The molecule has 112 valence electrons. The van der Waals surface area contributed by atoms with Gasteiger partial charge in [0.25, 0.3) is 0 Å². The summed E-state index contributed by atoms with van der Waals surface area (Å²) in [5, 5.41) is 11.9. The molecule has 6 heteroatoms. The first-order valence-corrected chi connectivity index (χ1v) is 6.99. The van der Waals surface area contributed by atoms with Gasteiger partial charge < -0.3 is 10.4 Å². The molecular formula is C16H15N3O3. The topological polar surface area (TPSA) is 92.2 Å². The maximum absolute atomic E-state index is 11.3. The first kappa shape index (κ1) is 14.2. The van der Waals surface area contributed by atoms with Crippen molar-refractivity contribution in [1.82, 2.24) is 15.3 Å². The number of nitrogens with one attached hydrogen (secondary N) is 1. The highest BCUT2D eigenvalue weighted by molar-refractivity contribution is 5.86. The van der Waals surface area contributed by atoms with E-state index in [4.69, 9.17) is 5.11 Å². The first-order valence-electron chi connectivity index (χ1n) is 6.99. The number of nitrogens with zero attached hydrogens (tertiary/aromatic N) is 2. The Labute approximate surface area is 127 Å². The molecule has 1 aromatic carbocycles. The van der Waals surface area contributed by atoms with E-state index in [2.05, 4.69) is 15.3 Å². The van der Waals surface area contributed by atoms with Gasteiger partial charge in [0.15, 0.2) is 11.5 Å². The number of carbonyl (C=O) groups is 2. The number of rotatable bonds is 3. The smallest absolute Gasteiger partial charge is 0.354 e. The van der Waals surface area contributed by atoms with Gasteiger partial charge in [-0.2, -0.15) is 0 Å². The van der Waals surface area contributed by atoms with E-state index in [1.165, 1.54) is 6.07 Å². The number of hydrogen-bond acceptors (Lipinski definition) is 4. The maximum atomic E-state index is 11.3. The molecule has 1 fully saturated rings. The van der Waals surface area contributed by atoms with E-state index in [1.807, 2.05) is 24.3 Å². The third kappa shape index (κ3) is 2.81. The molecule has 2 heterocycles. The molecule has 0 spiro atoms. The van der Waals surface area contributed by atoms with Crippen LogP contribution in [0.4, 0.5) is 0 Å². The van der Waals surface area contributed by atoms with Gasteiger partial charge in [0, 0.05) is 30.1 Å². The van der Waals surface area contributed by atoms with Crippen molar-refractivity contribution in [1.29, 1.82) is 0 Å². The number of hydrogen-bond donors (Lipinski definition) is 2. The van der Waals surface area contributed by atoms with Gasteiger partial charge in [0.2, 0.25) is 5.91 Å². The predicted octanol–water partition coefficient (Wildman–Crippen LogP) is 1.75. The summed E-state index contributed by atoms with van der Waals surface area (Å²) in [6.07, 6.45) is 0.503. The Morgan fingerprint density at radius 2 is 2.00 bits per heavy atom. The van der Waals surface area contributed by atoms with Crippen LogP contribution in [0.2, 0.25) is 0 Å². The number of carbonyl (C=O) groups excluding carboxylic acids is 1.